The maximum Gasteiger partial charge on any atom is 0.335 e. The highest BCUT2D eigenvalue weighted by Gasteiger charge is 2.30. The highest BCUT2D eigenvalue weighted by Crippen LogP contribution is 2.31. The summed E-state index contributed by atoms with van der Waals surface area (Å²) < 4.78 is 0. The summed E-state index contributed by atoms with van der Waals surface area (Å²) in [5, 5.41) is 8.99. The fraction of sp³-hybridized carbons (Fsp3) is 0.333. The lowest BCUT2D eigenvalue weighted by molar-refractivity contribution is -0.117. The fourth-order valence-electron chi connectivity index (χ4n) is 2.05. The largest absolute Gasteiger partial charge is 0.478 e. The number of nitrogens with two attached hydrogens (primary N) is 1. The van der Waals surface area contributed by atoms with E-state index >= 15 is 0 Å². The van der Waals surface area contributed by atoms with Gasteiger partial charge >= 0.3 is 5.97 Å². The van der Waals surface area contributed by atoms with E-state index in [-0.39, 0.29) is 16.7 Å². The highest BCUT2D eigenvalue weighted by molar-refractivity contribution is 7.81. The minimum Gasteiger partial charge on any atom is -0.478 e. The van der Waals surface area contributed by atoms with Crippen molar-refractivity contribution in [3.8, 4) is 0 Å². The summed E-state index contributed by atoms with van der Waals surface area (Å²) >= 11 is 4.28. The Bertz CT molecular complexity index is 530. The van der Waals surface area contributed by atoms with Crippen LogP contribution in [0.1, 0.15) is 22.3 Å². The van der Waals surface area contributed by atoms with Gasteiger partial charge in [0.2, 0.25) is 5.91 Å². The number of amides is 1. The van der Waals surface area contributed by atoms with Crippen LogP contribution in [0.5, 0.6) is 0 Å². The van der Waals surface area contributed by atoms with Crippen LogP contribution < -0.4 is 10.6 Å². The molecule has 0 aliphatic carbocycles. The van der Waals surface area contributed by atoms with Gasteiger partial charge in [-0.15, -0.1) is 0 Å². The molecule has 1 aliphatic heterocycles. The number of nitrogens with zero attached hydrogens (tertiary/aromatic N) is 1. The lowest BCUT2D eigenvalue weighted by atomic mass is 10.1. The van der Waals surface area contributed by atoms with Gasteiger partial charge in [-0.25, -0.2) is 4.79 Å². The summed E-state index contributed by atoms with van der Waals surface area (Å²) in [5.41, 5.74) is 7.53. The van der Waals surface area contributed by atoms with E-state index in [0.717, 1.165) is 5.56 Å². The van der Waals surface area contributed by atoms with Gasteiger partial charge in [0.05, 0.1) is 5.56 Å². The third-order valence-corrected chi connectivity index (χ3v) is 3.41. The first-order valence-corrected chi connectivity index (χ1v) is 6.03. The van der Waals surface area contributed by atoms with E-state index in [1.807, 2.05) is 0 Å². The van der Waals surface area contributed by atoms with Crippen LogP contribution >= 0.6 is 12.6 Å². The number of carboxylic acid groups (broad SMARTS) is 1. The topological polar surface area (TPSA) is 83.6 Å². The second-order valence-corrected chi connectivity index (χ2v) is 5.11. The van der Waals surface area contributed by atoms with E-state index in [0.29, 0.717) is 24.3 Å². The van der Waals surface area contributed by atoms with E-state index in [9.17, 15) is 9.59 Å². The van der Waals surface area contributed by atoms with Gasteiger partial charge in [-0.2, -0.15) is 12.6 Å². The minimum absolute atomic E-state index is 0.0217. The Morgan fingerprint density at radius 1 is 1.56 bits per heavy atom. The molecule has 1 aliphatic rings. The van der Waals surface area contributed by atoms with Gasteiger partial charge in [0.15, 0.2) is 0 Å². The van der Waals surface area contributed by atoms with Crippen LogP contribution in [0.25, 0.3) is 0 Å². The minimum atomic E-state index is -1.06. The summed E-state index contributed by atoms with van der Waals surface area (Å²) in [5.74, 6) is -1.11. The number of carboxylic acids is 1. The maximum absolute atomic E-state index is 11.8. The van der Waals surface area contributed by atoms with Crippen LogP contribution in [-0.4, -0.2) is 28.8 Å². The fourth-order valence-corrected chi connectivity index (χ4v) is 2.37. The van der Waals surface area contributed by atoms with Crippen molar-refractivity contribution in [1.29, 1.82) is 0 Å². The van der Waals surface area contributed by atoms with Crippen molar-refractivity contribution in [3.05, 3.63) is 23.3 Å². The highest BCUT2D eigenvalue weighted by atomic mass is 32.1. The van der Waals surface area contributed by atoms with Crippen LogP contribution in [-0.2, 0) is 4.79 Å². The number of carbonyl (C=O) groups excluding carboxylic acids is 1. The van der Waals surface area contributed by atoms with Crippen molar-refractivity contribution in [3.63, 3.8) is 0 Å². The lowest BCUT2D eigenvalue weighted by Gasteiger charge is -2.20. The van der Waals surface area contributed by atoms with Crippen molar-refractivity contribution in [2.24, 2.45) is 0 Å². The molecule has 3 N–H and O–H groups in total. The molecule has 0 saturated carbocycles. The number of rotatable bonds is 2. The Morgan fingerprint density at radius 3 is 2.72 bits per heavy atom. The third-order valence-electron chi connectivity index (χ3n) is 3.06. The van der Waals surface area contributed by atoms with E-state index in [1.54, 1.807) is 11.8 Å². The molecule has 96 valence electrons. The average molecular weight is 266 g/mol. The van der Waals surface area contributed by atoms with Crippen molar-refractivity contribution >= 4 is 35.9 Å². The number of nitrogen functional groups attached to an aromatic ring is 1. The van der Waals surface area contributed by atoms with Gasteiger partial charge in [-0.3, -0.25) is 4.79 Å². The van der Waals surface area contributed by atoms with E-state index in [4.69, 9.17) is 10.8 Å². The third kappa shape index (κ3) is 2.15. The monoisotopic (exact) mass is 266 g/mol. The van der Waals surface area contributed by atoms with Crippen molar-refractivity contribution in [2.45, 2.75) is 18.6 Å². The second kappa shape index (κ2) is 4.53. The quantitative estimate of drug-likeness (QED) is 0.556. The second-order valence-electron chi connectivity index (χ2n) is 4.38. The summed E-state index contributed by atoms with van der Waals surface area (Å²) in [6.45, 7) is 2.25. The molecule has 18 heavy (non-hydrogen) atoms. The molecule has 0 bridgehead atoms. The molecule has 1 amide bonds. The lowest BCUT2D eigenvalue weighted by Crippen LogP contribution is -2.26. The van der Waals surface area contributed by atoms with Gasteiger partial charge in [0.1, 0.15) is 0 Å². The summed E-state index contributed by atoms with van der Waals surface area (Å²) in [7, 11) is 0. The SMILES string of the molecule is Cc1c(N)cc(C(=O)O)cc1N1CC(S)CC1=O. The molecule has 2 rings (SSSR count). The number of aromatic carboxylic acids is 1. The molecule has 1 unspecified atom stereocenters. The Balaban J connectivity index is 2.50. The first-order valence-electron chi connectivity index (χ1n) is 5.52. The Labute approximate surface area is 110 Å². The van der Waals surface area contributed by atoms with E-state index in [2.05, 4.69) is 12.6 Å². The number of anilines is 2. The number of carbonyl (C=O) groups is 2. The van der Waals surface area contributed by atoms with Gasteiger partial charge in [-0.05, 0) is 24.6 Å². The molecular formula is C12H14N2O3S. The maximum atomic E-state index is 11.8. The number of benzene rings is 1. The van der Waals surface area contributed by atoms with E-state index in [1.165, 1.54) is 12.1 Å². The first kappa shape index (κ1) is 12.8. The predicted octanol–water partition coefficient (Wildman–Crippen LogP) is 1.31. The summed E-state index contributed by atoms with van der Waals surface area (Å²) in [4.78, 5) is 24.4. The van der Waals surface area contributed by atoms with Crippen LogP contribution in [0.15, 0.2) is 12.1 Å². The number of hydrogen-bond donors (Lipinski definition) is 3. The standard InChI is InChI=1S/C12H14N2O3S/c1-6-9(13)2-7(12(16)17)3-10(6)14-5-8(18)4-11(14)15/h2-3,8,18H,4-5,13H2,1H3,(H,16,17). The average Bonchev–Trinajstić information content (AvgIpc) is 2.61. The molecule has 1 saturated heterocycles. The van der Waals surface area contributed by atoms with Crippen LogP contribution in [0.4, 0.5) is 11.4 Å². The Morgan fingerprint density at radius 2 is 2.22 bits per heavy atom. The van der Waals surface area contributed by atoms with Gasteiger partial charge in [0.25, 0.3) is 0 Å². The molecule has 0 aromatic heterocycles. The van der Waals surface area contributed by atoms with Crippen molar-refractivity contribution < 1.29 is 14.7 Å². The molecule has 1 aromatic rings. The van der Waals surface area contributed by atoms with E-state index < -0.39 is 5.97 Å². The number of hydrogen-bond acceptors (Lipinski definition) is 4. The smallest absolute Gasteiger partial charge is 0.335 e. The molecule has 5 nitrogen and oxygen atoms in total. The zero-order valence-corrected chi connectivity index (χ0v) is 10.8. The van der Waals surface area contributed by atoms with Gasteiger partial charge < -0.3 is 15.7 Å². The molecule has 1 fully saturated rings. The summed E-state index contributed by atoms with van der Waals surface area (Å²) in [6.07, 6.45) is 0.361. The van der Waals surface area contributed by atoms with Gasteiger partial charge in [0, 0.05) is 29.6 Å². The first-order chi connectivity index (χ1) is 8.40. The van der Waals surface area contributed by atoms with Crippen molar-refractivity contribution in [2.75, 3.05) is 17.2 Å². The predicted molar refractivity (Wildman–Crippen MR) is 72.3 cm³/mol. The molecule has 0 spiro atoms. The molecule has 6 heteroatoms. The molecule has 0 radical (unpaired) electrons. The van der Waals surface area contributed by atoms with Crippen molar-refractivity contribution in [1.82, 2.24) is 0 Å². The Hall–Kier alpha value is -1.69. The zero-order chi connectivity index (χ0) is 13.4. The molecule has 1 atom stereocenters. The Kier molecular flexibility index (Phi) is 3.21. The van der Waals surface area contributed by atoms with Crippen LogP contribution in [0.3, 0.4) is 0 Å². The van der Waals surface area contributed by atoms with Gasteiger partial charge in [-0.1, -0.05) is 0 Å². The molecular weight excluding hydrogens is 252 g/mol. The summed E-state index contributed by atoms with van der Waals surface area (Å²) in [6, 6.07) is 2.89. The molecule has 1 aromatic carbocycles. The number of thiol groups is 1. The molecule has 1 heterocycles. The van der Waals surface area contributed by atoms with Crippen LogP contribution in [0, 0.1) is 6.92 Å². The zero-order valence-electron chi connectivity index (χ0n) is 9.88. The normalized spacial score (nSPS) is 19.3. The van der Waals surface area contributed by atoms with Crippen LogP contribution in [0.2, 0.25) is 0 Å².